The summed E-state index contributed by atoms with van der Waals surface area (Å²) < 4.78 is 0. The van der Waals surface area contributed by atoms with Crippen LogP contribution in [0.2, 0.25) is 0 Å². The second-order valence-electron chi connectivity index (χ2n) is 3.40. The van der Waals surface area contributed by atoms with Gasteiger partial charge in [0.15, 0.2) is 0 Å². The first-order valence-corrected chi connectivity index (χ1v) is 5.20. The summed E-state index contributed by atoms with van der Waals surface area (Å²) in [5.74, 6) is 1.58. The largest absolute Gasteiger partial charge is 0.382 e. The fourth-order valence-electron chi connectivity index (χ4n) is 1.10. The summed E-state index contributed by atoms with van der Waals surface area (Å²) in [4.78, 5) is 0. The molecule has 80 valence electrons. The third kappa shape index (κ3) is 3.32. The Bertz CT molecular complexity index is 258. The van der Waals surface area contributed by atoms with E-state index in [0.29, 0.717) is 17.7 Å². The standard InChI is InChI=1S/C9H15N3.C2H6/c1-6(2)7(3)8-4-5-11-12-9(8)10;1-2/h4-7H,1-3H3,(H2,10,12);1-2H3. The molecule has 14 heavy (non-hydrogen) atoms. The molecule has 3 heteroatoms. The van der Waals surface area contributed by atoms with E-state index in [2.05, 4.69) is 31.0 Å². The van der Waals surface area contributed by atoms with E-state index >= 15 is 0 Å². The predicted octanol–water partition coefficient (Wildman–Crippen LogP) is 2.84. The SMILES string of the molecule is CC.CC(C)C(C)c1ccnnc1N. The molecule has 0 aromatic carbocycles. The Morgan fingerprint density at radius 3 is 2.21 bits per heavy atom. The van der Waals surface area contributed by atoms with Crippen molar-refractivity contribution in [2.24, 2.45) is 5.92 Å². The van der Waals surface area contributed by atoms with Crippen LogP contribution in [0.3, 0.4) is 0 Å². The molecule has 1 unspecified atom stereocenters. The summed E-state index contributed by atoms with van der Waals surface area (Å²) in [6.07, 6.45) is 1.69. The molecule has 0 radical (unpaired) electrons. The maximum atomic E-state index is 5.69. The minimum atomic E-state index is 0.445. The normalized spacial score (nSPS) is 11.9. The minimum absolute atomic E-state index is 0.445. The van der Waals surface area contributed by atoms with Crippen LogP contribution in [0.1, 0.15) is 46.1 Å². The molecule has 1 atom stereocenters. The number of nitrogens with two attached hydrogens (primary N) is 1. The fraction of sp³-hybridized carbons (Fsp3) is 0.636. The Morgan fingerprint density at radius 2 is 1.79 bits per heavy atom. The Hall–Kier alpha value is -1.12. The molecule has 1 aromatic heterocycles. The van der Waals surface area contributed by atoms with Crippen LogP contribution in [0.15, 0.2) is 12.3 Å². The molecule has 0 saturated heterocycles. The first-order chi connectivity index (χ1) is 6.63. The van der Waals surface area contributed by atoms with Crippen molar-refractivity contribution in [3.63, 3.8) is 0 Å². The first kappa shape index (κ1) is 12.9. The van der Waals surface area contributed by atoms with Gasteiger partial charge in [-0.3, -0.25) is 0 Å². The average Bonchev–Trinajstić information content (AvgIpc) is 2.20. The highest BCUT2D eigenvalue weighted by Gasteiger charge is 2.12. The van der Waals surface area contributed by atoms with Crippen LogP contribution < -0.4 is 5.73 Å². The zero-order valence-corrected chi connectivity index (χ0v) is 9.78. The van der Waals surface area contributed by atoms with Crippen molar-refractivity contribution in [2.75, 3.05) is 5.73 Å². The van der Waals surface area contributed by atoms with Gasteiger partial charge in [-0.1, -0.05) is 34.6 Å². The van der Waals surface area contributed by atoms with Gasteiger partial charge < -0.3 is 5.73 Å². The molecule has 0 spiro atoms. The molecule has 1 rings (SSSR count). The molecule has 0 aliphatic rings. The topological polar surface area (TPSA) is 51.8 Å². The molecule has 0 amide bonds. The second-order valence-corrected chi connectivity index (χ2v) is 3.40. The smallest absolute Gasteiger partial charge is 0.149 e. The lowest BCUT2D eigenvalue weighted by Crippen LogP contribution is -2.07. The lowest BCUT2D eigenvalue weighted by molar-refractivity contribution is 0.534. The molecule has 1 heterocycles. The van der Waals surface area contributed by atoms with Crippen molar-refractivity contribution in [1.29, 1.82) is 0 Å². The number of nitrogens with zero attached hydrogens (tertiary/aromatic N) is 2. The Morgan fingerprint density at radius 1 is 1.21 bits per heavy atom. The van der Waals surface area contributed by atoms with Gasteiger partial charge in [0, 0.05) is 5.56 Å². The zero-order valence-electron chi connectivity index (χ0n) is 9.78. The van der Waals surface area contributed by atoms with E-state index in [4.69, 9.17) is 5.73 Å². The summed E-state index contributed by atoms with van der Waals surface area (Å²) in [6.45, 7) is 10.5. The maximum absolute atomic E-state index is 5.69. The van der Waals surface area contributed by atoms with Crippen molar-refractivity contribution >= 4 is 5.82 Å². The van der Waals surface area contributed by atoms with Crippen molar-refractivity contribution < 1.29 is 0 Å². The van der Waals surface area contributed by atoms with E-state index in [9.17, 15) is 0 Å². The van der Waals surface area contributed by atoms with Crippen LogP contribution in [0.25, 0.3) is 0 Å². The van der Waals surface area contributed by atoms with Crippen LogP contribution in [-0.4, -0.2) is 10.2 Å². The van der Waals surface area contributed by atoms with E-state index in [1.54, 1.807) is 6.20 Å². The van der Waals surface area contributed by atoms with Gasteiger partial charge in [0.25, 0.3) is 0 Å². The van der Waals surface area contributed by atoms with Crippen molar-refractivity contribution in [3.8, 4) is 0 Å². The minimum Gasteiger partial charge on any atom is -0.382 e. The summed E-state index contributed by atoms with van der Waals surface area (Å²) >= 11 is 0. The molecule has 3 nitrogen and oxygen atoms in total. The van der Waals surface area contributed by atoms with Gasteiger partial charge >= 0.3 is 0 Å². The highest BCUT2D eigenvalue weighted by atomic mass is 15.1. The molecular formula is C11H21N3. The lowest BCUT2D eigenvalue weighted by Gasteiger charge is -2.16. The van der Waals surface area contributed by atoms with Crippen LogP contribution in [0.4, 0.5) is 5.82 Å². The number of anilines is 1. The van der Waals surface area contributed by atoms with Crippen molar-refractivity contribution in [1.82, 2.24) is 10.2 Å². The van der Waals surface area contributed by atoms with E-state index in [1.165, 1.54) is 0 Å². The molecule has 2 N–H and O–H groups in total. The second kappa shape index (κ2) is 6.35. The summed E-state index contributed by atoms with van der Waals surface area (Å²) in [5.41, 5.74) is 6.78. The quantitative estimate of drug-likeness (QED) is 0.789. The van der Waals surface area contributed by atoms with Gasteiger partial charge in [-0.15, -0.1) is 5.10 Å². The monoisotopic (exact) mass is 195 g/mol. The van der Waals surface area contributed by atoms with Crippen LogP contribution >= 0.6 is 0 Å². The molecule has 1 aromatic rings. The van der Waals surface area contributed by atoms with Crippen LogP contribution in [0.5, 0.6) is 0 Å². The average molecular weight is 195 g/mol. The first-order valence-electron chi connectivity index (χ1n) is 5.20. The predicted molar refractivity (Wildman–Crippen MR) is 61.0 cm³/mol. The fourth-order valence-corrected chi connectivity index (χ4v) is 1.10. The van der Waals surface area contributed by atoms with Gasteiger partial charge in [-0.05, 0) is 17.9 Å². The molecule has 0 bridgehead atoms. The molecular weight excluding hydrogens is 174 g/mol. The van der Waals surface area contributed by atoms with Gasteiger partial charge in [0.2, 0.25) is 0 Å². The lowest BCUT2D eigenvalue weighted by atomic mass is 9.91. The van der Waals surface area contributed by atoms with Gasteiger partial charge in [0.05, 0.1) is 6.20 Å². The summed E-state index contributed by atoms with van der Waals surface area (Å²) in [7, 11) is 0. The highest BCUT2D eigenvalue weighted by Crippen LogP contribution is 2.25. The van der Waals surface area contributed by atoms with Gasteiger partial charge in [-0.2, -0.15) is 5.10 Å². The van der Waals surface area contributed by atoms with Gasteiger partial charge in [0.1, 0.15) is 5.82 Å². The zero-order chi connectivity index (χ0) is 11.1. The van der Waals surface area contributed by atoms with Crippen LogP contribution in [0, 0.1) is 5.92 Å². The Balaban J connectivity index is 0.000000791. The van der Waals surface area contributed by atoms with E-state index in [-0.39, 0.29) is 0 Å². The Kier molecular flexibility index (Phi) is 5.84. The van der Waals surface area contributed by atoms with E-state index in [1.807, 2.05) is 19.9 Å². The molecule has 0 saturated carbocycles. The number of nitrogen functional groups attached to an aromatic ring is 1. The number of hydrogen-bond donors (Lipinski definition) is 1. The van der Waals surface area contributed by atoms with Crippen molar-refractivity contribution in [2.45, 2.75) is 40.5 Å². The highest BCUT2D eigenvalue weighted by molar-refractivity contribution is 5.39. The maximum Gasteiger partial charge on any atom is 0.149 e. The third-order valence-electron chi connectivity index (χ3n) is 2.27. The van der Waals surface area contributed by atoms with Crippen LogP contribution in [-0.2, 0) is 0 Å². The Labute approximate surface area is 86.7 Å². The van der Waals surface area contributed by atoms with E-state index in [0.717, 1.165) is 5.56 Å². The molecule has 0 aliphatic heterocycles. The number of rotatable bonds is 2. The molecule has 0 fully saturated rings. The van der Waals surface area contributed by atoms with Gasteiger partial charge in [-0.25, -0.2) is 0 Å². The van der Waals surface area contributed by atoms with Crippen molar-refractivity contribution in [3.05, 3.63) is 17.8 Å². The number of aromatic nitrogens is 2. The summed E-state index contributed by atoms with van der Waals surface area (Å²) in [6, 6.07) is 1.94. The number of hydrogen-bond acceptors (Lipinski definition) is 3. The molecule has 0 aliphatic carbocycles. The van der Waals surface area contributed by atoms with E-state index < -0.39 is 0 Å². The summed E-state index contributed by atoms with van der Waals surface area (Å²) in [5, 5.41) is 7.52. The third-order valence-corrected chi connectivity index (χ3v) is 2.27.